The molecular weight excluding hydrogens is 1710 g/mol. The molecule has 3 heterocycles. The van der Waals surface area contributed by atoms with E-state index in [4.69, 9.17) is 88.7 Å². The first kappa shape index (κ1) is 96.0. The predicted octanol–water partition coefficient (Wildman–Crippen LogP) is 20.3. The van der Waals surface area contributed by atoms with E-state index >= 15 is 0 Å². The molecule has 0 bridgehead atoms. The van der Waals surface area contributed by atoms with Crippen molar-refractivity contribution in [2.24, 2.45) is 29.5 Å². The number of para-hydroxylation sites is 3. The highest BCUT2D eigenvalue weighted by atomic mass is 35.5. The van der Waals surface area contributed by atoms with Gasteiger partial charge in [0.15, 0.2) is 28.8 Å². The smallest absolute Gasteiger partial charge is 0.218 e. The van der Waals surface area contributed by atoms with Gasteiger partial charge in [-0.15, -0.1) is 84.5 Å². The van der Waals surface area contributed by atoms with E-state index in [0.29, 0.717) is 133 Å². The fraction of sp³-hybridized carbons (Fsp3) is 0.208. The first-order chi connectivity index (χ1) is 56.7. The number of hydrogen-bond acceptors (Lipinski definition) is 35. The van der Waals surface area contributed by atoms with Gasteiger partial charge in [0, 0.05) is 59.8 Å². The number of ketones is 2. The third-order valence-corrected chi connectivity index (χ3v) is 20.5. The minimum absolute atomic E-state index is 0.0553. The van der Waals surface area contributed by atoms with Crippen LogP contribution in [0.15, 0.2) is 222 Å². The Morgan fingerprint density at radius 1 is 0.419 bits per heavy atom. The summed E-state index contributed by atoms with van der Waals surface area (Å²) in [7, 11) is 0. The number of anilines is 5. The maximum atomic E-state index is 11.8. The summed E-state index contributed by atoms with van der Waals surface area (Å²) in [5.74, 6) is 29.4. The Labute approximate surface area is 722 Å². The number of rotatable bonds is 41. The van der Waals surface area contributed by atoms with E-state index in [9.17, 15) is 24.0 Å². The van der Waals surface area contributed by atoms with Crippen molar-refractivity contribution in [1.82, 2.24) is 0 Å². The van der Waals surface area contributed by atoms with E-state index in [1.165, 1.54) is 19.9 Å². The number of unbranched alkanes of at least 4 members (excludes halogenated alkanes) is 2. The number of halogens is 2. The maximum absolute atomic E-state index is 11.8. The highest BCUT2D eigenvalue weighted by Crippen LogP contribution is 2.46. The fourth-order valence-electron chi connectivity index (χ4n) is 10.3. The van der Waals surface area contributed by atoms with Crippen LogP contribution in [0.4, 0.5) is 28.4 Å². The van der Waals surface area contributed by atoms with Crippen LogP contribution < -0.4 is 69.9 Å². The standard InChI is InChI=1S/C18H22N2O4S.C17H18N2O4S2.C17H20N2O4S2.C13H13ClN2O4S.C12H11ClN2O4S2/c1-3-4-10-20-16-11-14(13(2)21)12-17(25-24-23-19)18(16)22-15-8-6-5-7-9-15;18-22-23-25-15-11-12(17(20)24)10-14(19-8-4-5-9-19)16(15)21-13-6-2-1-3-7-13;1-2-3-9-19-14-10-12(17(20)24)11-15(25-23-22-18)16(14)21-13-7-5-4-6-8-13;1-8(17)10-5-13(21-20-19-15)11(14)6-12(10)16-7-9-3-2-4-18-9;13-9-5-10(15-6-7-2-1-3-17-7)8(12(16)20)4-11(9)21-19-18-14/h5-9,11-12,20H,3-4,10,19H2,1-2H3;1-3,6-7,10-11H,4-5,8-9,18H2,(H,20,24);4-8,10-11,19H,2-3,9,18H2,1H3,(H,20,24);2-6,16H,7,15H2,1H3;1-5,15H,6,14H2,(H,16,20). The lowest BCUT2D eigenvalue weighted by Gasteiger charge is -2.23. The summed E-state index contributed by atoms with van der Waals surface area (Å²) in [4.78, 5) is 84.2. The normalized spacial score (nSPS) is 11.3. The molecule has 0 atom stereocenters. The molecular formula is C77H84Cl2N10O20S8. The fourth-order valence-corrected chi connectivity index (χ4v) is 13.6. The van der Waals surface area contributed by atoms with Gasteiger partial charge in [-0.2, -0.15) is 29.5 Å². The molecule has 0 aliphatic carbocycles. The maximum Gasteiger partial charge on any atom is 0.218 e. The summed E-state index contributed by atoms with van der Waals surface area (Å²) in [5.41, 5.74) is 5.59. The van der Waals surface area contributed by atoms with Crippen molar-refractivity contribution in [3.05, 3.63) is 238 Å². The van der Waals surface area contributed by atoms with Gasteiger partial charge < -0.3 is 49.2 Å². The molecule has 30 nitrogen and oxygen atoms in total. The predicted molar refractivity (Wildman–Crippen MR) is 463 cm³/mol. The van der Waals surface area contributed by atoms with E-state index in [1.54, 1.807) is 79.3 Å². The monoisotopic (exact) mass is 1790 g/mol. The average Bonchev–Trinajstić information content (AvgIpc) is 1.78. The quantitative estimate of drug-likeness (QED) is 0.00423. The van der Waals surface area contributed by atoms with Gasteiger partial charge in [-0.3, -0.25) is 24.0 Å². The Kier molecular flexibility index (Phi) is 43.8. The lowest BCUT2D eigenvalue weighted by molar-refractivity contribution is -0.195. The molecule has 0 amide bonds. The summed E-state index contributed by atoms with van der Waals surface area (Å²) in [6, 6.07) is 51.9. The van der Waals surface area contributed by atoms with E-state index in [-0.39, 0.29) is 21.8 Å². The topological polar surface area (TPSA) is 413 Å². The molecule has 117 heavy (non-hydrogen) atoms. The zero-order valence-corrected chi connectivity index (χ0v) is 71.3. The highest BCUT2D eigenvalue weighted by molar-refractivity contribution is 7.98. The lowest BCUT2D eigenvalue weighted by Crippen LogP contribution is -2.19. The summed E-state index contributed by atoms with van der Waals surface area (Å²) in [6.07, 6.45) is 9.41. The molecule has 0 spiro atoms. The van der Waals surface area contributed by atoms with Crippen molar-refractivity contribution in [1.29, 1.82) is 0 Å². The molecule has 8 aromatic carbocycles. The van der Waals surface area contributed by atoms with Crippen LogP contribution in [-0.4, -0.2) is 53.1 Å². The second-order valence-corrected chi connectivity index (χ2v) is 29.6. The van der Waals surface area contributed by atoms with Crippen molar-refractivity contribution in [2.75, 3.05) is 52.3 Å². The number of carbonyl (C=O) groups is 5. The van der Waals surface area contributed by atoms with Gasteiger partial charge in [0.1, 0.15) is 28.8 Å². The Balaban J connectivity index is 0.000000202. The third-order valence-electron chi connectivity index (χ3n) is 15.7. The number of Topliss-reactive ketones (excluding diaryl/α,β-unsaturated/α-hetero) is 2. The van der Waals surface area contributed by atoms with Crippen LogP contribution in [0.2, 0.25) is 10.0 Å². The van der Waals surface area contributed by atoms with E-state index < -0.39 is 5.12 Å². The molecule has 1 saturated heterocycles. The van der Waals surface area contributed by atoms with Crippen LogP contribution in [0.1, 0.15) is 130 Å². The summed E-state index contributed by atoms with van der Waals surface area (Å²) in [5, 5.41) is 12.5. The van der Waals surface area contributed by atoms with E-state index in [1.807, 2.05) is 103 Å². The van der Waals surface area contributed by atoms with Gasteiger partial charge in [0.2, 0.25) is 15.3 Å². The van der Waals surface area contributed by atoms with Crippen LogP contribution in [0.3, 0.4) is 0 Å². The molecule has 1 fully saturated rings. The molecule has 40 heteroatoms. The Morgan fingerprint density at radius 3 is 1.15 bits per heavy atom. The number of nitrogens with one attached hydrogen (secondary N) is 4. The van der Waals surface area contributed by atoms with Crippen LogP contribution in [-0.2, 0) is 59.7 Å². The molecule has 1 aliphatic rings. The third kappa shape index (κ3) is 32.5. The summed E-state index contributed by atoms with van der Waals surface area (Å²) in [6.45, 7) is 11.3. The molecule has 0 unspecified atom stereocenters. The number of furan rings is 2. The molecule has 10 aromatic rings. The molecule has 14 N–H and O–H groups in total. The minimum Gasteiger partial charge on any atom is -0.467 e. The Bertz CT molecular complexity index is 4510. The Hall–Kier alpha value is -8.15. The lowest BCUT2D eigenvalue weighted by atomic mass is 10.1. The van der Waals surface area contributed by atoms with Crippen LogP contribution in [0, 0.1) is 0 Å². The minimum atomic E-state index is -0.413. The van der Waals surface area contributed by atoms with Gasteiger partial charge in [-0.1, -0.05) is 104 Å². The van der Waals surface area contributed by atoms with Crippen molar-refractivity contribution in [3.63, 3.8) is 0 Å². The Morgan fingerprint density at radius 2 is 0.786 bits per heavy atom. The van der Waals surface area contributed by atoms with Crippen LogP contribution in [0.25, 0.3) is 0 Å². The molecule has 2 aromatic heterocycles. The van der Waals surface area contributed by atoms with Crippen molar-refractivity contribution >= 4 is 177 Å². The van der Waals surface area contributed by atoms with Crippen molar-refractivity contribution in [3.8, 4) is 34.5 Å². The number of carbonyl (C=O) groups excluding carboxylic acids is 5. The first-order valence-corrected chi connectivity index (χ1v) is 40.9. The SMILES string of the molecule is CC(=O)c1cc(SOON)c(Cl)cc1NCc1ccco1.CCCCNc1cc(C(=O)S)cc(SOON)c1Oc1ccccc1.CCCCNc1cc(C(C)=O)cc(SOON)c1Oc1ccccc1.NOOSc1cc(C(=O)S)c(NCc2ccco2)cc1Cl.NOOSc1cc(C(=O)S)cc(N2CCCC2)c1Oc1ccccc1. The number of nitrogens with two attached hydrogens (primary N) is 5. The molecule has 1 aliphatic heterocycles. The van der Waals surface area contributed by atoms with Crippen molar-refractivity contribution < 1.29 is 93.6 Å². The van der Waals surface area contributed by atoms with Gasteiger partial charge in [-0.25, -0.2) is 0 Å². The largest absolute Gasteiger partial charge is 0.467 e. The summed E-state index contributed by atoms with van der Waals surface area (Å²) >= 11 is 28.2. The summed E-state index contributed by atoms with van der Waals surface area (Å²) < 4.78 is 52.0. The van der Waals surface area contributed by atoms with Crippen LogP contribution in [0.5, 0.6) is 34.5 Å². The van der Waals surface area contributed by atoms with Gasteiger partial charge >= 0.3 is 0 Å². The molecule has 11 rings (SSSR count). The molecule has 624 valence electrons. The van der Waals surface area contributed by atoms with Gasteiger partial charge in [-0.05, 0) is 161 Å². The molecule has 0 saturated carbocycles. The van der Waals surface area contributed by atoms with E-state index in [2.05, 4.69) is 112 Å². The zero-order chi connectivity index (χ0) is 84.3. The first-order valence-electron chi connectivity index (χ1n) is 35.1. The highest BCUT2D eigenvalue weighted by Gasteiger charge is 2.26. The number of hydrogen-bond donors (Lipinski definition) is 12. The number of nitrogens with zero attached hydrogens (tertiary/aromatic N) is 1. The van der Waals surface area contributed by atoms with E-state index in [0.717, 1.165) is 142 Å². The number of benzene rings is 8. The van der Waals surface area contributed by atoms with Gasteiger partial charge in [0.05, 0.1) is 143 Å². The zero-order valence-electron chi connectivity index (χ0n) is 63.0. The van der Waals surface area contributed by atoms with Crippen molar-refractivity contribution in [2.45, 2.75) is 104 Å². The second-order valence-electron chi connectivity index (χ2n) is 23.8. The second kappa shape index (κ2) is 53.4. The molecule has 0 radical (unpaired) electrons. The number of ether oxygens (including phenoxy) is 3. The van der Waals surface area contributed by atoms with Gasteiger partial charge in [0.25, 0.3) is 0 Å². The van der Waals surface area contributed by atoms with Crippen LogP contribution >= 0.6 is 121 Å². The number of thiol groups is 3. The average molecular weight is 1800 g/mol.